The number of nitrogens with two attached hydrogens (primary N) is 1. The molecule has 1 atom stereocenters. The number of hydrogen-bond acceptors (Lipinski definition) is 4. The van der Waals surface area contributed by atoms with E-state index >= 15 is 0 Å². The summed E-state index contributed by atoms with van der Waals surface area (Å²) in [4.78, 5) is 2.74. The van der Waals surface area contributed by atoms with E-state index in [0.717, 1.165) is 36.4 Å². The third kappa shape index (κ3) is 4.15. The lowest BCUT2D eigenvalue weighted by Gasteiger charge is -2.29. The Morgan fingerprint density at radius 2 is 2.24 bits per heavy atom. The van der Waals surface area contributed by atoms with Gasteiger partial charge in [-0.1, -0.05) is 25.1 Å². The van der Waals surface area contributed by atoms with Gasteiger partial charge in [0.15, 0.2) is 0 Å². The van der Waals surface area contributed by atoms with Crippen molar-refractivity contribution in [1.29, 1.82) is 0 Å². The largest absolute Gasteiger partial charge is 0.496 e. The molecule has 1 aliphatic rings. The maximum atomic E-state index is 9.62. The van der Waals surface area contributed by atoms with Crippen LogP contribution in [0.4, 0.5) is 0 Å². The molecule has 5 heteroatoms. The molecule has 4 nitrogen and oxygen atoms in total. The Morgan fingerprint density at radius 3 is 2.90 bits per heavy atom. The third-order valence-electron chi connectivity index (χ3n) is 4.15. The van der Waals surface area contributed by atoms with Gasteiger partial charge in [0.25, 0.3) is 0 Å². The van der Waals surface area contributed by atoms with Gasteiger partial charge < -0.3 is 15.6 Å². The van der Waals surface area contributed by atoms with E-state index in [1.54, 1.807) is 7.11 Å². The summed E-state index contributed by atoms with van der Waals surface area (Å²) in [6.07, 6.45) is 4.64. The minimum absolute atomic E-state index is 0.206. The van der Waals surface area contributed by atoms with Crippen molar-refractivity contribution >= 4 is 17.2 Å². The SMILES string of the molecule is COc1ccc(C(N)=S)cc1CN1CCCCCC1CO. The number of thiocarbonyl (C=S) groups is 1. The summed E-state index contributed by atoms with van der Waals surface area (Å²) in [5.41, 5.74) is 7.65. The fourth-order valence-electron chi connectivity index (χ4n) is 2.93. The number of rotatable bonds is 5. The van der Waals surface area contributed by atoms with E-state index in [0.29, 0.717) is 4.99 Å². The summed E-state index contributed by atoms with van der Waals surface area (Å²) in [6.45, 7) is 1.97. The zero-order chi connectivity index (χ0) is 15.2. The Morgan fingerprint density at radius 1 is 1.43 bits per heavy atom. The van der Waals surface area contributed by atoms with E-state index in [2.05, 4.69) is 4.90 Å². The van der Waals surface area contributed by atoms with Crippen molar-refractivity contribution < 1.29 is 9.84 Å². The smallest absolute Gasteiger partial charge is 0.123 e. The van der Waals surface area contributed by atoms with Gasteiger partial charge in [-0.25, -0.2) is 0 Å². The van der Waals surface area contributed by atoms with Gasteiger partial charge in [-0.2, -0.15) is 0 Å². The number of aliphatic hydroxyl groups is 1. The normalized spacial score (nSPS) is 20.0. The van der Waals surface area contributed by atoms with E-state index < -0.39 is 0 Å². The molecular formula is C16H24N2O2S. The highest BCUT2D eigenvalue weighted by atomic mass is 32.1. The van der Waals surface area contributed by atoms with E-state index in [9.17, 15) is 5.11 Å². The molecule has 0 saturated carbocycles. The third-order valence-corrected chi connectivity index (χ3v) is 4.38. The number of hydrogen-bond donors (Lipinski definition) is 2. The Hall–Kier alpha value is -1.17. The number of nitrogens with zero attached hydrogens (tertiary/aromatic N) is 1. The van der Waals surface area contributed by atoms with Gasteiger partial charge >= 0.3 is 0 Å². The Labute approximate surface area is 131 Å². The summed E-state index contributed by atoms with van der Waals surface area (Å²) in [5, 5.41) is 9.62. The molecule has 1 aromatic carbocycles. The fraction of sp³-hybridized carbons (Fsp3) is 0.562. The quantitative estimate of drug-likeness (QED) is 0.816. The predicted molar refractivity (Wildman–Crippen MR) is 88.6 cm³/mol. The maximum Gasteiger partial charge on any atom is 0.123 e. The van der Waals surface area contributed by atoms with Crippen molar-refractivity contribution in [2.75, 3.05) is 20.3 Å². The highest BCUT2D eigenvalue weighted by molar-refractivity contribution is 7.80. The highest BCUT2D eigenvalue weighted by Gasteiger charge is 2.21. The fourth-order valence-corrected chi connectivity index (χ4v) is 3.05. The van der Waals surface area contributed by atoms with Crippen LogP contribution in [0.1, 0.15) is 36.8 Å². The molecule has 1 aliphatic heterocycles. The summed E-state index contributed by atoms with van der Waals surface area (Å²) < 4.78 is 5.45. The van der Waals surface area contributed by atoms with Crippen molar-refractivity contribution in [3.63, 3.8) is 0 Å². The molecule has 3 N–H and O–H groups in total. The van der Waals surface area contributed by atoms with E-state index in [-0.39, 0.29) is 12.6 Å². The molecule has 1 fully saturated rings. The first kappa shape index (κ1) is 16.2. The molecular weight excluding hydrogens is 284 g/mol. The minimum Gasteiger partial charge on any atom is -0.496 e. The first-order valence-electron chi connectivity index (χ1n) is 7.47. The van der Waals surface area contributed by atoms with E-state index in [1.807, 2.05) is 18.2 Å². The van der Waals surface area contributed by atoms with Gasteiger partial charge in [-0.15, -0.1) is 0 Å². The van der Waals surface area contributed by atoms with Crippen molar-refractivity contribution in [2.45, 2.75) is 38.3 Å². The molecule has 1 unspecified atom stereocenters. The Bertz CT molecular complexity index is 493. The molecule has 0 radical (unpaired) electrons. The van der Waals surface area contributed by atoms with Crippen LogP contribution in [0.15, 0.2) is 18.2 Å². The maximum absolute atomic E-state index is 9.62. The molecule has 1 aromatic rings. The zero-order valence-corrected chi connectivity index (χ0v) is 13.4. The highest BCUT2D eigenvalue weighted by Crippen LogP contribution is 2.25. The van der Waals surface area contributed by atoms with Crippen LogP contribution in [0.3, 0.4) is 0 Å². The first-order valence-corrected chi connectivity index (χ1v) is 7.88. The second kappa shape index (κ2) is 7.73. The van der Waals surface area contributed by atoms with Crippen LogP contribution in [0, 0.1) is 0 Å². The van der Waals surface area contributed by atoms with Crippen LogP contribution in [-0.4, -0.2) is 41.3 Å². The number of aliphatic hydroxyl groups excluding tert-OH is 1. The monoisotopic (exact) mass is 308 g/mol. The van der Waals surface area contributed by atoms with Gasteiger partial charge in [-0.3, -0.25) is 4.90 Å². The molecule has 0 spiro atoms. The average Bonchev–Trinajstić information content (AvgIpc) is 2.72. The van der Waals surface area contributed by atoms with Crippen molar-refractivity contribution in [2.24, 2.45) is 5.73 Å². The van der Waals surface area contributed by atoms with Crippen molar-refractivity contribution in [3.8, 4) is 5.75 Å². The van der Waals surface area contributed by atoms with Crippen LogP contribution < -0.4 is 10.5 Å². The standard InChI is InChI=1S/C16H24N2O2S/c1-20-15-7-6-12(16(17)21)9-13(15)10-18-8-4-2-3-5-14(18)11-19/h6-7,9,14,19H,2-5,8,10-11H2,1H3,(H2,17,21). The minimum atomic E-state index is 0.206. The van der Waals surface area contributed by atoms with Gasteiger partial charge in [0.1, 0.15) is 10.7 Å². The molecule has 1 heterocycles. The van der Waals surface area contributed by atoms with Gasteiger partial charge in [-0.05, 0) is 37.6 Å². The molecule has 2 rings (SSSR count). The van der Waals surface area contributed by atoms with Crippen LogP contribution in [0.2, 0.25) is 0 Å². The number of benzene rings is 1. The van der Waals surface area contributed by atoms with Crippen LogP contribution in [0.25, 0.3) is 0 Å². The topological polar surface area (TPSA) is 58.7 Å². The van der Waals surface area contributed by atoms with Crippen LogP contribution in [-0.2, 0) is 6.54 Å². The van der Waals surface area contributed by atoms with E-state index in [4.69, 9.17) is 22.7 Å². The summed E-state index contributed by atoms with van der Waals surface area (Å²) in [5.74, 6) is 0.843. The molecule has 0 aliphatic carbocycles. The molecule has 0 bridgehead atoms. The lowest BCUT2D eigenvalue weighted by atomic mass is 10.1. The molecule has 116 valence electrons. The zero-order valence-electron chi connectivity index (χ0n) is 12.5. The van der Waals surface area contributed by atoms with Gasteiger partial charge in [0, 0.05) is 23.7 Å². The predicted octanol–water partition coefficient (Wildman–Crippen LogP) is 2.07. The Kier molecular flexibility index (Phi) is 5.96. The van der Waals surface area contributed by atoms with Crippen molar-refractivity contribution in [3.05, 3.63) is 29.3 Å². The number of methoxy groups -OCH3 is 1. The van der Waals surface area contributed by atoms with Crippen LogP contribution >= 0.6 is 12.2 Å². The molecule has 21 heavy (non-hydrogen) atoms. The molecule has 1 saturated heterocycles. The number of ether oxygens (including phenoxy) is 1. The lowest BCUT2D eigenvalue weighted by Crippen LogP contribution is -2.37. The van der Waals surface area contributed by atoms with Gasteiger partial charge in [0.2, 0.25) is 0 Å². The van der Waals surface area contributed by atoms with Gasteiger partial charge in [0.05, 0.1) is 13.7 Å². The molecule has 0 aromatic heterocycles. The number of likely N-dealkylation sites (tertiary alicyclic amines) is 1. The van der Waals surface area contributed by atoms with E-state index in [1.165, 1.54) is 19.3 Å². The summed E-state index contributed by atoms with van der Waals surface area (Å²) in [7, 11) is 1.67. The summed E-state index contributed by atoms with van der Waals surface area (Å²) >= 11 is 5.06. The Balaban J connectivity index is 2.23. The first-order chi connectivity index (χ1) is 10.2. The summed E-state index contributed by atoms with van der Waals surface area (Å²) in [6, 6.07) is 6.03. The van der Waals surface area contributed by atoms with Crippen molar-refractivity contribution in [1.82, 2.24) is 4.90 Å². The average molecular weight is 308 g/mol. The second-order valence-electron chi connectivity index (χ2n) is 5.55. The molecule has 0 amide bonds. The second-order valence-corrected chi connectivity index (χ2v) is 5.99. The lowest BCUT2D eigenvalue weighted by molar-refractivity contribution is 0.117. The van der Waals surface area contributed by atoms with Crippen LogP contribution in [0.5, 0.6) is 5.75 Å².